The van der Waals surface area contributed by atoms with Gasteiger partial charge in [0.15, 0.2) is 0 Å². The first-order chi connectivity index (χ1) is 16.2. The quantitative estimate of drug-likeness (QED) is 0.513. The molecule has 3 N–H and O–H groups in total. The molecule has 3 aliphatic carbocycles. The standard InChI is InChI=1S/C24H30N2O8/c1-32-14-6-4-5-13-16(14)26(20(30)34-3)23-9-8-21(18(28)24(23,31)19(29)33-2)15(27)7-11-25-12-10-22(13,23)17(21)25/h4-6,15,17-18,27-28,31H,7-12H2,1-3H3/t15-,17-,18+,21+,22+,23-,24+/m0/s1. The van der Waals surface area contributed by atoms with Crippen LogP contribution < -0.4 is 9.64 Å². The molecule has 7 rings (SSSR count). The number of hydrogen-bond acceptors (Lipinski definition) is 9. The maximum atomic E-state index is 13.5. The highest BCUT2D eigenvalue weighted by Crippen LogP contribution is 2.77. The molecule has 10 heteroatoms. The molecular weight excluding hydrogens is 444 g/mol. The summed E-state index contributed by atoms with van der Waals surface area (Å²) in [6, 6.07) is 5.03. The van der Waals surface area contributed by atoms with Crippen molar-refractivity contribution in [1.82, 2.24) is 4.90 Å². The number of piperidine rings is 1. The van der Waals surface area contributed by atoms with Gasteiger partial charge in [-0.3, -0.25) is 9.80 Å². The molecule has 1 amide bonds. The number of ether oxygens (including phenoxy) is 3. The van der Waals surface area contributed by atoms with Crippen LogP contribution in [0.15, 0.2) is 18.2 Å². The lowest BCUT2D eigenvalue weighted by atomic mass is 9.35. The van der Waals surface area contributed by atoms with Gasteiger partial charge in [-0.25, -0.2) is 9.59 Å². The van der Waals surface area contributed by atoms with Gasteiger partial charge < -0.3 is 29.5 Å². The largest absolute Gasteiger partial charge is 0.495 e. The van der Waals surface area contributed by atoms with Crippen LogP contribution in [0.3, 0.4) is 0 Å². The Labute approximate surface area is 197 Å². The monoisotopic (exact) mass is 474 g/mol. The number of rotatable bonds is 2. The lowest BCUT2D eigenvalue weighted by Crippen LogP contribution is -2.92. The number of anilines is 1. The zero-order valence-electron chi connectivity index (χ0n) is 19.5. The fraction of sp³-hybridized carbons (Fsp3) is 0.667. The van der Waals surface area contributed by atoms with Crippen LogP contribution >= 0.6 is 0 Å². The minimum Gasteiger partial charge on any atom is -0.495 e. The first kappa shape index (κ1) is 22.1. The van der Waals surface area contributed by atoms with E-state index < -0.39 is 52.3 Å². The number of para-hydroxylation sites is 1. The van der Waals surface area contributed by atoms with Crippen molar-refractivity contribution in [2.24, 2.45) is 5.41 Å². The number of amides is 1. The van der Waals surface area contributed by atoms with E-state index in [1.807, 2.05) is 12.1 Å². The van der Waals surface area contributed by atoms with E-state index in [4.69, 9.17) is 14.2 Å². The number of aliphatic hydroxyl groups excluding tert-OH is 2. The lowest BCUT2D eigenvalue weighted by molar-refractivity contribution is -0.301. The Hall–Kier alpha value is -2.40. The van der Waals surface area contributed by atoms with Gasteiger partial charge >= 0.3 is 12.1 Å². The van der Waals surface area contributed by atoms with Crippen LogP contribution in [0.4, 0.5) is 10.5 Å². The predicted octanol–water partition coefficient (Wildman–Crippen LogP) is 0.156. The van der Waals surface area contributed by atoms with Crippen molar-refractivity contribution in [2.45, 2.75) is 60.5 Å². The summed E-state index contributed by atoms with van der Waals surface area (Å²) in [5, 5.41) is 35.7. The van der Waals surface area contributed by atoms with Gasteiger partial charge in [0.1, 0.15) is 17.4 Å². The van der Waals surface area contributed by atoms with E-state index >= 15 is 0 Å². The number of benzene rings is 1. The van der Waals surface area contributed by atoms with Crippen molar-refractivity contribution < 1.29 is 39.1 Å². The Morgan fingerprint density at radius 1 is 1.06 bits per heavy atom. The van der Waals surface area contributed by atoms with Crippen LogP contribution in [0.1, 0.15) is 31.2 Å². The Morgan fingerprint density at radius 2 is 1.82 bits per heavy atom. The van der Waals surface area contributed by atoms with Crippen molar-refractivity contribution in [3.63, 3.8) is 0 Å². The van der Waals surface area contributed by atoms with Gasteiger partial charge in [-0.05, 0) is 43.9 Å². The molecule has 2 bridgehead atoms. The molecule has 10 nitrogen and oxygen atoms in total. The number of carbonyl (C=O) groups is 2. The number of aliphatic hydroxyl groups is 3. The molecule has 1 aromatic rings. The average molecular weight is 475 g/mol. The molecule has 5 fully saturated rings. The zero-order valence-corrected chi connectivity index (χ0v) is 19.5. The van der Waals surface area contributed by atoms with E-state index in [0.29, 0.717) is 43.8 Å². The third-order valence-corrected chi connectivity index (χ3v) is 9.80. The van der Waals surface area contributed by atoms with Crippen molar-refractivity contribution in [2.75, 3.05) is 39.3 Å². The minimum absolute atomic E-state index is 0.171. The highest BCUT2D eigenvalue weighted by atomic mass is 16.6. The summed E-state index contributed by atoms with van der Waals surface area (Å²) >= 11 is 0. The van der Waals surface area contributed by atoms with Gasteiger partial charge in [0.25, 0.3) is 0 Å². The highest BCUT2D eigenvalue weighted by Gasteiger charge is 2.91. The van der Waals surface area contributed by atoms with E-state index in [1.165, 1.54) is 19.1 Å². The van der Waals surface area contributed by atoms with Gasteiger partial charge in [0, 0.05) is 23.4 Å². The summed E-state index contributed by atoms with van der Waals surface area (Å²) in [7, 11) is 3.89. The molecular formula is C24H30N2O8. The molecule has 3 saturated carbocycles. The number of nitrogens with zero attached hydrogens (tertiary/aromatic N) is 2. The van der Waals surface area contributed by atoms with E-state index in [2.05, 4.69) is 4.90 Å². The first-order valence-corrected chi connectivity index (χ1v) is 11.7. The molecule has 0 unspecified atom stereocenters. The summed E-state index contributed by atoms with van der Waals surface area (Å²) < 4.78 is 16.0. The van der Waals surface area contributed by atoms with Gasteiger partial charge in [-0.1, -0.05) is 12.1 Å². The van der Waals surface area contributed by atoms with Crippen molar-refractivity contribution in [3.05, 3.63) is 23.8 Å². The molecule has 1 aromatic carbocycles. The molecule has 2 saturated heterocycles. The van der Waals surface area contributed by atoms with E-state index in [0.717, 1.165) is 12.7 Å². The van der Waals surface area contributed by atoms with Crippen molar-refractivity contribution in [1.29, 1.82) is 0 Å². The zero-order chi connectivity index (χ0) is 24.3. The fourth-order valence-corrected chi connectivity index (χ4v) is 8.88. The molecule has 34 heavy (non-hydrogen) atoms. The second-order valence-corrected chi connectivity index (χ2v) is 10.3. The molecule has 7 atom stereocenters. The Balaban J connectivity index is 1.79. The van der Waals surface area contributed by atoms with Crippen LogP contribution in [-0.2, 0) is 19.7 Å². The van der Waals surface area contributed by atoms with Crippen molar-refractivity contribution >= 4 is 17.7 Å². The minimum atomic E-state index is -2.51. The Kier molecular flexibility index (Phi) is 4.31. The smallest absolute Gasteiger partial charge is 0.414 e. The topological polar surface area (TPSA) is 129 Å². The van der Waals surface area contributed by atoms with Crippen molar-refractivity contribution in [3.8, 4) is 5.75 Å². The second kappa shape index (κ2) is 6.63. The molecule has 0 aromatic heterocycles. The predicted molar refractivity (Wildman–Crippen MR) is 118 cm³/mol. The maximum Gasteiger partial charge on any atom is 0.414 e. The van der Waals surface area contributed by atoms with Crippen LogP contribution in [0.25, 0.3) is 0 Å². The second-order valence-electron chi connectivity index (χ2n) is 10.3. The summed E-state index contributed by atoms with van der Waals surface area (Å²) in [4.78, 5) is 30.6. The number of fused-ring (bicyclic) bond motifs is 3. The third-order valence-electron chi connectivity index (χ3n) is 9.80. The van der Waals surface area contributed by atoms with Gasteiger partial charge in [0.2, 0.25) is 5.60 Å². The summed E-state index contributed by atoms with van der Waals surface area (Å²) in [5.74, 6) is -0.635. The summed E-state index contributed by atoms with van der Waals surface area (Å²) in [6.07, 6.45) is -1.94. The maximum absolute atomic E-state index is 13.5. The number of carbonyl (C=O) groups excluding carboxylic acids is 2. The summed E-state index contributed by atoms with van der Waals surface area (Å²) in [5.41, 5.74) is -5.08. The SMILES string of the molecule is COC(=O)N1c2c(OC)cccc2[C@@]23CCN4CC[C@H](O)[C@]5(CC[C@]12[C@](O)(C(=O)OC)[C@@H]5O)[C@H]43. The van der Waals surface area contributed by atoms with Crippen LogP contribution in [0, 0.1) is 5.41 Å². The van der Waals surface area contributed by atoms with Crippen LogP contribution in [-0.4, -0.2) is 96.1 Å². The molecule has 3 aliphatic heterocycles. The number of esters is 1. The van der Waals surface area contributed by atoms with Gasteiger partial charge in [-0.2, -0.15) is 0 Å². The van der Waals surface area contributed by atoms with E-state index in [1.54, 1.807) is 6.07 Å². The van der Waals surface area contributed by atoms with Crippen LogP contribution in [0.5, 0.6) is 5.75 Å². The number of methoxy groups -OCH3 is 3. The van der Waals surface area contributed by atoms with E-state index in [-0.39, 0.29) is 6.42 Å². The fourth-order valence-electron chi connectivity index (χ4n) is 8.88. The highest BCUT2D eigenvalue weighted by molar-refractivity contribution is 6.01. The Bertz CT molecular complexity index is 1100. The van der Waals surface area contributed by atoms with Gasteiger partial charge in [0.05, 0.1) is 33.1 Å². The molecule has 184 valence electrons. The number of hydrogen-bond donors (Lipinski definition) is 3. The lowest BCUT2D eigenvalue weighted by Gasteiger charge is -2.74. The normalized spacial score (nSPS) is 43.7. The molecule has 6 aliphatic rings. The molecule has 3 spiro atoms. The first-order valence-electron chi connectivity index (χ1n) is 11.7. The molecule has 3 heterocycles. The summed E-state index contributed by atoms with van der Waals surface area (Å²) in [6.45, 7) is 1.25. The molecule has 0 radical (unpaired) electrons. The average Bonchev–Trinajstić information content (AvgIpc) is 3.39. The Morgan fingerprint density at radius 3 is 2.50 bits per heavy atom. The van der Waals surface area contributed by atoms with E-state index in [9.17, 15) is 24.9 Å². The third kappa shape index (κ3) is 1.88. The van der Waals surface area contributed by atoms with Crippen LogP contribution in [0.2, 0.25) is 0 Å². The van der Waals surface area contributed by atoms with Gasteiger partial charge in [-0.15, -0.1) is 0 Å².